The van der Waals surface area contributed by atoms with Gasteiger partial charge in [-0.05, 0) is 86.2 Å². The lowest BCUT2D eigenvalue weighted by Crippen LogP contribution is -2.29. The summed E-state index contributed by atoms with van der Waals surface area (Å²) >= 11 is 0. The van der Waals surface area contributed by atoms with Gasteiger partial charge in [0.2, 0.25) is 0 Å². The number of amides is 1. The van der Waals surface area contributed by atoms with E-state index in [0.29, 0.717) is 24.4 Å². The van der Waals surface area contributed by atoms with Crippen LogP contribution in [0.25, 0.3) is 6.08 Å². The molecule has 0 N–H and O–H groups in total. The van der Waals surface area contributed by atoms with Crippen LogP contribution in [0.5, 0.6) is 0 Å². The van der Waals surface area contributed by atoms with Gasteiger partial charge in [-0.1, -0.05) is 48.5 Å². The van der Waals surface area contributed by atoms with Crippen LogP contribution in [0.4, 0.5) is 22.7 Å². The summed E-state index contributed by atoms with van der Waals surface area (Å²) in [4.78, 5) is 33.2. The molecule has 0 bridgehead atoms. The van der Waals surface area contributed by atoms with Crippen molar-refractivity contribution in [3.8, 4) is 0 Å². The number of likely N-dealkylation sites (N-methyl/N-ethyl adjacent to an activating group) is 1. The van der Waals surface area contributed by atoms with Crippen molar-refractivity contribution in [3.63, 3.8) is 0 Å². The first-order chi connectivity index (χ1) is 19.6. The van der Waals surface area contributed by atoms with Gasteiger partial charge in [-0.2, -0.15) is 4.99 Å². The average Bonchev–Trinajstić information content (AvgIpc) is 3.28. The molecule has 40 heavy (non-hydrogen) atoms. The van der Waals surface area contributed by atoms with Gasteiger partial charge in [0.15, 0.2) is 5.76 Å². The molecule has 0 spiro atoms. The van der Waals surface area contributed by atoms with E-state index in [1.807, 2.05) is 67.6 Å². The first-order valence-electron chi connectivity index (χ1n) is 13.1. The predicted octanol–water partition coefficient (Wildman–Crippen LogP) is 7.24. The number of para-hydroxylation sites is 2. The van der Waals surface area contributed by atoms with Gasteiger partial charge in [-0.15, -0.1) is 0 Å². The third kappa shape index (κ3) is 5.78. The van der Waals surface area contributed by atoms with Crippen LogP contribution in [-0.2, 0) is 14.3 Å². The Kier molecular flexibility index (Phi) is 8.02. The van der Waals surface area contributed by atoms with Gasteiger partial charge in [0.25, 0.3) is 5.91 Å². The molecule has 7 nitrogen and oxygen atoms in total. The Bertz CT molecular complexity index is 1490. The molecule has 0 unspecified atom stereocenters. The smallest absolute Gasteiger partial charge is 0.338 e. The van der Waals surface area contributed by atoms with Crippen LogP contribution in [0.1, 0.15) is 29.8 Å². The summed E-state index contributed by atoms with van der Waals surface area (Å²) in [6.45, 7) is 4.33. The first-order valence-corrected chi connectivity index (χ1v) is 13.1. The van der Waals surface area contributed by atoms with Crippen LogP contribution in [-0.4, -0.2) is 35.9 Å². The van der Waals surface area contributed by atoms with Crippen LogP contribution in [0.3, 0.4) is 0 Å². The fourth-order valence-electron chi connectivity index (χ4n) is 4.34. The molecule has 1 aliphatic rings. The van der Waals surface area contributed by atoms with Gasteiger partial charge in [0, 0.05) is 23.6 Å². The average molecular weight is 532 g/mol. The number of nitrogens with zero attached hydrogens (tertiary/aromatic N) is 3. The predicted molar refractivity (Wildman–Crippen MR) is 157 cm³/mol. The lowest BCUT2D eigenvalue weighted by molar-refractivity contribution is -0.122. The van der Waals surface area contributed by atoms with Crippen molar-refractivity contribution in [1.29, 1.82) is 0 Å². The molecule has 1 saturated heterocycles. The molecule has 7 heteroatoms. The number of carbonyl (C=O) groups excluding carboxylic acids is 2. The maximum absolute atomic E-state index is 13.1. The molecule has 0 saturated carbocycles. The Morgan fingerprint density at radius 2 is 1.40 bits per heavy atom. The molecule has 1 heterocycles. The highest BCUT2D eigenvalue weighted by atomic mass is 16.5. The number of esters is 1. The van der Waals surface area contributed by atoms with Crippen LogP contribution >= 0.6 is 0 Å². The molecule has 0 aromatic heterocycles. The van der Waals surface area contributed by atoms with Gasteiger partial charge in [0.1, 0.15) is 0 Å². The zero-order valence-electron chi connectivity index (χ0n) is 22.4. The van der Waals surface area contributed by atoms with Gasteiger partial charge in [0.05, 0.1) is 17.9 Å². The summed E-state index contributed by atoms with van der Waals surface area (Å²) in [7, 11) is 0. The summed E-state index contributed by atoms with van der Waals surface area (Å²) in [5, 5.41) is 0. The lowest BCUT2D eigenvalue weighted by Gasteiger charge is -2.25. The van der Waals surface area contributed by atoms with Crippen molar-refractivity contribution in [1.82, 2.24) is 4.90 Å². The molecule has 0 atom stereocenters. The summed E-state index contributed by atoms with van der Waals surface area (Å²) in [6, 6.07) is 35.1. The van der Waals surface area contributed by atoms with E-state index in [-0.39, 0.29) is 17.7 Å². The van der Waals surface area contributed by atoms with Crippen molar-refractivity contribution in [3.05, 3.63) is 126 Å². The summed E-state index contributed by atoms with van der Waals surface area (Å²) in [5.41, 5.74) is 4.89. The Balaban J connectivity index is 1.38. The second-order valence-electron chi connectivity index (χ2n) is 8.92. The molecular weight excluding hydrogens is 502 g/mol. The molecule has 0 aliphatic carbocycles. The van der Waals surface area contributed by atoms with E-state index in [9.17, 15) is 9.59 Å². The van der Waals surface area contributed by atoms with Crippen molar-refractivity contribution in [2.75, 3.05) is 18.1 Å². The summed E-state index contributed by atoms with van der Waals surface area (Å²) in [5.74, 6) is -0.459. The van der Waals surface area contributed by atoms with E-state index in [1.54, 1.807) is 37.3 Å². The zero-order chi connectivity index (χ0) is 27.9. The number of benzene rings is 4. The third-order valence-electron chi connectivity index (χ3n) is 6.29. The van der Waals surface area contributed by atoms with Gasteiger partial charge in [-0.3, -0.25) is 9.69 Å². The minimum Gasteiger partial charge on any atom is -0.462 e. The van der Waals surface area contributed by atoms with E-state index < -0.39 is 5.97 Å². The van der Waals surface area contributed by atoms with E-state index in [4.69, 9.17) is 9.47 Å². The Hall–Kier alpha value is -5.17. The highest BCUT2D eigenvalue weighted by Crippen LogP contribution is 2.34. The molecular formula is C33H29N3O4. The van der Waals surface area contributed by atoms with Gasteiger partial charge in [-0.25, -0.2) is 4.79 Å². The number of hydrogen-bond acceptors (Lipinski definition) is 6. The largest absolute Gasteiger partial charge is 0.462 e. The Labute approximate surface area is 233 Å². The number of aliphatic imine (C=N–C) groups is 1. The van der Waals surface area contributed by atoms with Crippen molar-refractivity contribution >= 4 is 46.7 Å². The SMILES string of the molecule is CCOC(=O)c1ccc(/N=C2/O/C(=C/c3ccc(N(c4ccccc4)c4ccccc4)cc3)C(=O)N2CC)cc1. The normalized spacial score (nSPS) is 14.8. The molecule has 1 fully saturated rings. The van der Waals surface area contributed by atoms with Gasteiger partial charge < -0.3 is 14.4 Å². The topological polar surface area (TPSA) is 71.4 Å². The Morgan fingerprint density at radius 3 is 1.95 bits per heavy atom. The molecule has 0 radical (unpaired) electrons. The molecule has 4 aromatic carbocycles. The van der Waals surface area contributed by atoms with Crippen LogP contribution in [0.15, 0.2) is 120 Å². The highest BCUT2D eigenvalue weighted by molar-refractivity contribution is 6.11. The highest BCUT2D eigenvalue weighted by Gasteiger charge is 2.33. The minimum absolute atomic E-state index is 0.193. The molecule has 200 valence electrons. The minimum atomic E-state index is -0.393. The van der Waals surface area contributed by atoms with Crippen molar-refractivity contribution in [2.24, 2.45) is 4.99 Å². The van der Waals surface area contributed by atoms with E-state index in [1.165, 1.54) is 4.90 Å². The van der Waals surface area contributed by atoms with Crippen molar-refractivity contribution < 1.29 is 19.1 Å². The van der Waals surface area contributed by atoms with E-state index in [0.717, 1.165) is 22.6 Å². The molecule has 5 rings (SSSR count). The molecule has 1 aliphatic heterocycles. The van der Waals surface area contributed by atoms with E-state index in [2.05, 4.69) is 34.2 Å². The number of carbonyl (C=O) groups is 2. The van der Waals surface area contributed by atoms with Crippen LogP contribution in [0.2, 0.25) is 0 Å². The number of rotatable bonds is 8. The maximum Gasteiger partial charge on any atom is 0.338 e. The fraction of sp³-hybridized carbons (Fsp3) is 0.121. The summed E-state index contributed by atoms with van der Waals surface area (Å²) in [6.07, 6.45) is 1.72. The molecule has 4 aromatic rings. The van der Waals surface area contributed by atoms with Crippen LogP contribution in [0, 0.1) is 0 Å². The first kappa shape index (κ1) is 26.4. The van der Waals surface area contributed by atoms with Crippen molar-refractivity contribution in [2.45, 2.75) is 13.8 Å². The summed E-state index contributed by atoms with van der Waals surface area (Å²) < 4.78 is 10.9. The standard InChI is InChI=1S/C33H29N3O4/c1-3-35-31(37)30(40-33(35)34-26-19-17-25(18-20-26)32(38)39-4-2)23-24-15-21-29(22-16-24)36(27-11-7-5-8-12-27)28-13-9-6-10-14-28/h5-23H,3-4H2,1-2H3/b30-23+,34-33+. The third-order valence-corrected chi connectivity index (χ3v) is 6.29. The zero-order valence-corrected chi connectivity index (χ0v) is 22.4. The molecule has 1 amide bonds. The number of amidine groups is 1. The fourth-order valence-corrected chi connectivity index (χ4v) is 4.34. The second kappa shape index (κ2) is 12.1. The Morgan fingerprint density at radius 1 is 0.825 bits per heavy atom. The maximum atomic E-state index is 13.1. The quantitative estimate of drug-likeness (QED) is 0.177. The number of ether oxygens (including phenoxy) is 2. The monoisotopic (exact) mass is 531 g/mol. The van der Waals surface area contributed by atoms with Gasteiger partial charge >= 0.3 is 12.0 Å². The number of hydrogen-bond donors (Lipinski definition) is 0. The lowest BCUT2D eigenvalue weighted by atomic mass is 10.1. The van der Waals surface area contributed by atoms with E-state index >= 15 is 0 Å². The number of anilines is 3. The second-order valence-corrected chi connectivity index (χ2v) is 8.92. The van der Waals surface area contributed by atoms with Crippen LogP contribution < -0.4 is 4.90 Å².